The van der Waals surface area contributed by atoms with Crippen molar-refractivity contribution in [1.82, 2.24) is 14.7 Å². The Morgan fingerprint density at radius 2 is 1.95 bits per heavy atom. The van der Waals surface area contributed by atoms with Crippen molar-refractivity contribution in [2.24, 2.45) is 17.8 Å². The normalized spacial score (nSPS) is 32.3. The van der Waals surface area contributed by atoms with Crippen LogP contribution in [0.3, 0.4) is 0 Å². The molecule has 1 spiro atoms. The van der Waals surface area contributed by atoms with Gasteiger partial charge in [0.15, 0.2) is 0 Å². The molecular formula is C30H47N3O7. The highest BCUT2D eigenvalue weighted by atomic mass is 16.6. The van der Waals surface area contributed by atoms with Crippen LogP contribution in [0.25, 0.3) is 0 Å². The van der Waals surface area contributed by atoms with Gasteiger partial charge in [0, 0.05) is 32.7 Å². The van der Waals surface area contributed by atoms with E-state index in [0.717, 1.165) is 13.1 Å². The number of aliphatic hydroxyl groups is 1. The number of hydrogen-bond acceptors (Lipinski definition) is 8. The number of likely N-dealkylation sites (tertiary alicyclic amines) is 1. The molecule has 4 aliphatic rings. The first-order valence-corrected chi connectivity index (χ1v) is 14.8. The van der Waals surface area contributed by atoms with E-state index >= 15 is 0 Å². The van der Waals surface area contributed by atoms with Crippen molar-refractivity contribution in [3.63, 3.8) is 0 Å². The minimum absolute atomic E-state index is 0.115. The Hall–Kier alpha value is -2.27. The van der Waals surface area contributed by atoms with E-state index in [1.807, 2.05) is 20.8 Å². The van der Waals surface area contributed by atoms with E-state index in [2.05, 4.69) is 18.1 Å². The van der Waals surface area contributed by atoms with Crippen LogP contribution in [0.15, 0.2) is 25.3 Å². The largest absolute Gasteiger partial charge is 0.465 e. The van der Waals surface area contributed by atoms with Gasteiger partial charge in [-0.05, 0) is 31.6 Å². The minimum Gasteiger partial charge on any atom is -0.465 e. The van der Waals surface area contributed by atoms with Gasteiger partial charge in [-0.1, -0.05) is 32.9 Å². The average molecular weight is 562 g/mol. The zero-order valence-corrected chi connectivity index (χ0v) is 24.4. The predicted octanol–water partition coefficient (Wildman–Crippen LogP) is 1.62. The van der Waals surface area contributed by atoms with Crippen LogP contribution in [-0.2, 0) is 28.6 Å². The van der Waals surface area contributed by atoms with Crippen LogP contribution >= 0.6 is 0 Å². The molecule has 4 aliphatic heterocycles. The van der Waals surface area contributed by atoms with Crippen LogP contribution < -0.4 is 0 Å². The maximum atomic E-state index is 14.6. The summed E-state index contributed by atoms with van der Waals surface area (Å²) in [6, 6.07) is -1.54. The van der Waals surface area contributed by atoms with E-state index in [-0.39, 0.29) is 30.9 Å². The molecule has 0 aromatic rings. The highest BCUT2D eigenvalue weighted by Gasteiger charge is 2.79. The highest BCUT2D eigenvalue weighted by molar-refractivity contribution is 5.98. The number of carbonyl (C=O) groups is 3. The molecule has 0 aromatic carbocycles. The molecular weight excluding hydrogens is 514 g/mol. The number of nitrogens with zero attached hydrogens (tertiary/aromatic N) is 3. The molecule has 4 heterocycles. The number of aliphatic hydroxyl groups excluding tert-OH is 1. The van der Waals surface area contributed by atoms with Crippen LogP contribution in [0.1, 0.15) is 46.5 Å². The summed E-state index contributed by atoms with van der Waals surface area (Å²) in [6.45, 7) is 17.6. The number of hydrogen-bond donors (Lipinski definition) is 1. The third-order valence-corrected chi connectivity index (χ3v) is 9.44. The lowest BCUT2D eigenvalue weighted by Gasteiger charge is -2.41. The molecule has 0 aliphatic carbocycles. The number of rotatable bonds is 14. The van der Waals surface area contributed by atoms with Crippen molar-refractivity contribution in [1.29, 1.82) is 0 Å². The first-order chi connectivity index (χ1) is 19.2. The first kappa shape index (κ1) is 30.7. The van der Waals surface area contributed by atoms with Gasteiger partial charge in [-0.3, -0.25) is 19.3 Å². The summed E-state index contributed by atoms with van der Waals surface area (Å²) < 4.78 is 17.9. The number of fused-ring (bicyclic) bond motifs is 1. The lowest BCUT2D eigenvalue weighted by Crippen LogP contribution is -2.60. The second kappa shape index (κ2) is 12.7. The molecule has 2 unspecified atom stereocenters. The first-order valence-electron chi connectivity index (χ1n) is 14.8. The fourth-order valence-corrected chi connectivity index (χ4v) is 7.31. The third-order valence-electron chi connectivity index (χ3n) is 9.44. The quantitative estimate of drug-likeness (QED) is 0.194. The average Bonchev–Trinajstić information content (AvgIpc) is 3.55. The molecule has 224 valence electrons. The molecule has 2 bridgehead atoms. The van der Waals surface area contributed by atoms with Crippen molar-refractivity contribution >= 4 is 17.8 Å². The van der Waals surface area contributed by atoms with Gasteiger partial charge < -0.3 is 29.1 Å². The second-order valence-electron chi connectivity index (χ2n) is 11.8. The molecule has 1 N–H and O–H groups in total. The van der Waals surface area contributed by atoms with Crippen LogP contribution in [-0.4, -0.2) is 120 Å². The van der Waals surface area contributed by atoms with Crippen LogP contribution in [0.5, 0.6) is 0 Å². The number of carbonyl (C=O) groups excluding carboxylic acids is 3. The Bertz CT molecular complexity index is 967. The van der Waals surface area contributed by atoms with Crippen molar-refractivity contribution in [2.75, 3.05) is 59.2 Å². The monoisotopic (exact) mass is 561 g/mol. The summed E-state index contributed by atoms with van der Waals surface area (Å²) in [4.78, 5) is 48.0. The third kappa shape index (κ3) is 5.24. The van der Waals surface area contributed by atoms with Crippen LogP contribution in [0, 0.1) is 17.8 Å². The van der Waals surface area contributed by atoms with E-state index in [0.29, 0.717) is 58.5 Å². The van der Waals surface area contributed by atoms with Gasteiger partial charge in [-0.25, -0.2) is 0 Å². The molecule has 40 heavy (non-hydrogen) atoms. The van der Waals surface area contributed by atoms with Crippen molar-refractivity contribution in [3.05, 3.63) is 25.3 Å². The number of morpholine rings is 1. The minimum atomic E-state index is -1.16. The van der Waals surface area contributed by atoms with Gasteiger partial charge in [0.25, 0.3) is 0 Å². The standard InChI is InChI=1S/C30H47N3O7/c1-6-9-17-39-28(37)24-23-26(35)33(22(20-34)21(4)5)25(30(23)11-10-29(24,8-3)40-30)27(36)32(12-7-2)14-13-31-15-18-38-19-16-31/h6-7,21-25,34H,1-2,8-20H2,3-5H3/t22-,23-,24+,25?,29-,30?/m0/s1. The summed E-state index contributed by atoms with van der Waals surface area (Å²) in [5.74, 6) is -2.76. The summed E-state index contributed by atoms with van der Waals surface area (Å²) in [7, 11) is 0. The summed E-state index contributed by atoms with van der Waals surface area (Å²) in [5.41, 5.74) is -2.02. The zero-order valence-electron chi connectivity index (χ0n) is 24.4. The predicted molar refractivity (Wildman–Crippen MR) is 149 cm³/mol. The molecule has 4 fully saturated rings. The van der Waals surface area contributed by atoms with E-state index < -0.39 is 41.1 Å². The van der Waals surface area contributed by atoms with Gasteiger partial charge in [-0.2, -0.15) is 0 Å². The second-order valence-corrected chi connectivity index (χ2v) is 11.8. The van der Waals surface area contributed by atoms with Crippen LogP contribution in [0.4, 0.5) is 0 Å². The van der Waals surface area contributed by atoms with E-state index in [4.69, 9.17) is 14.2 Å². The Labute approximate surface area is 238 Å². The lowest BCUT2D eigenvalue weighted by atomic mass is 9.65. The summed E-state index contributed by atoms with van der Waals surface area (Å²) in [5, 5.41) is 10.4. The van der Waals surface area contributed by atoms with E-state index in [9.17, 15) is 19.5 Å². The molecule has 0 saturated carbocycles. The fourth-order valence-electron chi connectivity index (χ4n) is 7.31. The zero-order chi connectivity index (χ0) is 29.1. The van der Waals surface area contributed by atoms with E-state index in [1.54, 1.807) is 22.0 Å². The van der Waals surface area contributed by atoms with E-state index in [1.165, 1.54) is 0 Å². The molecule has 0 radical (unpaired) electrons. The topological polar surface area (TPSA) is 109 Å². The van der Waals surface area contributed by atoms with Gasteiger partial charge in [0.2, 0.25) is 11.8 Å². The molecule has 6 atom stereocenters. The molecule has 0 aromatic heterocycles. The Balaban J connectivity index is 1.72. The highest BCUT2D eigenvalue weighted by Crippen LogP contribution is 2.65. The lowest BCUT2D eigenvalue weighted by molar-refractivity contribution is -0.164. The molecule has 2 amide bonds. The molecule has 10 heteroatoms. The Morgan fingerprint density at radius 1 is 1.23 bits per heavy atom. The Kier molecular flexibility index (Phi) is 9.75. The van der Waals surface area contributed by atoms with Gasteiger partial charge in [-0.15, -0.1) is 13.2 Å². The van der Waals surface area contributed by atoms with Gasteiger partial charge in [0.05, 0.1) is 44.0 Å². The Morgan fingerprint density at radius 3 is 2.55 bits per heavy atom. The SMILES string of the molecule is C=CCCOC(=O)[C@H]1[C@H]2C(=O)N([C@@H](CO)C(C)C)C(C(=O)N(CC=C)CCN3CCOCC3)C23CC[C@]1(CC)O3. The number of amides is 2. The van der Waals surface area contributed by atoms with Gasteiger partial charge in [0.1, 0.15) is 17.6 Å². The molecule has 4 saturated heterocycles. The molecule has 4 rings (SSSR count). The van der Waals surface area contributed by atoms with Crippen molar-refractivity contribution in [2.45, 2.75) is 69.7 Å². The smallest absolute Gasteiger partial charge is 0.312 e. The summed E-state index contributed by atoms with van der Waals surface area (Å²) >= 11 is 0. The summed E-state index contributed by atoms with van der Waals surface area (Å²) in [6.07, 6.45) is 5.46. The number of ether oxygens (including phenoxy) is 3. The van der Waals surface area contributed by atoms with Crippen molar-refractivity contribution in [3.8, 4) is 0 Å². The maximum absolute atomic E-state index is 14.6. The maximum Gasteiger partial charge on any atom is 0.312 e. The molecule has 10 nitrogen and oxygen atoms in total. The van der Waals surface area contributed by atoms with Gasteiger partial charge >= 0.3 is 5.97 Å². The fraction of sp³-hybridized carbons (Fsp3) is 0.767. The van der Waals surface area contributed by atoms with Crippen molar-refractivity contribution < 1.29 is 33.7 Å². The van der Waals surface area contributed by atoms with Crippen LogP contribution in [0.2, 0.25) is 0 Å². The number of esters is 1.